The molecule has 5 rings (SSSR count). The van der Waals surface area contributed by atoms with Crippen LogP contribution in [0, 0.1) is 0 Å². The second kappa shape index (κ2) is 12.9. The Labute approximate surface area is 223 Å². The maximum Gasteiger partial charge on any atom is 0.264 e. The van der Waals surface area contributed by atoms with Crippen LogP contribution in [0.3, 0.4) is 0 Å². The Morgan fingerprint density at radius 1 is 1.14 bits per heavy atom. The highest BCUT2D eigenvalue weighted by Gasteiger charge is 2.13. The summed E-state index contributed by atoms with van der Waals surface area (Å²) in [5, 5.41) is 5.82. The third kappa shape index (κ3) is 5.93. The summed E-state index contributed by atoms with van der Waals surface area (Å²) in [5.41, 5.74) is 13.5. The molecule has 5 aromatic rings. The van der Waals surface area contributed by atoms with Gasteiger partial charge in [-0.25, -0.2) is 9.50 Å². The number of aldehydes is 1. The molecule has 0 saturated carbocycles. The molecule has 11 heteroatoms. The van der Waals surface area contributed by atoms with Gasteiger partial charge >= 0.3 is 0 Å². The molecule has 3 heterocycles. The van der Waals surface area contributed by atoms with Crippen LogP contribution in [-0.2, 0) is 6.42 Å². The zero-order chi connectivity index (χ0) is 26.9. The van der Waals surface area contributed by atoms with E-state index in [1.807, 2.05) is 55.6 Å². The molecule has 0 fully saturated rings. The molecular formula is C26H28ClN7O2S. The second-order valence-electron chi connectivity index (χ2n) is 7.50. The van der Waals surface area contributed by atoms with Crippen LogP contribution in [0.15, 0.2) is 71.8 Å². The number of nitrogens with zero attached hydrogens (tertiary/aromatic N) is 4. The first-order valence-electron chi connectivity index (χ1n) is 11.3. The minimum absolute atomic E-state index is 0.0775. The van der Waals surface area contributed by atoms with Gasteiger partial charge in [-0.1, -0.05) is 48.7 Å². The normalized spacial score (nSPS) is 10.3. The smallest absolute Gasteiger partial charge is 0.264 e. The van der Waals surface area contributed by atoms with Gasteiger partial charge in [-0.05, 0) is 55.3 Å². The summed E-state index contributed by atoms with van der Waals surface area (Å²) in [5.74, 6) is 0.212. The number of aromatic nitrogens is 4. The highest BCUT2D eigenvalue weighted by molar-refractivity contribution is 7.99. The Balaban J connectivity index is 0.000000228. The fourth-order valence-corrected chi connectivity index (χ4v) is 4.40. The minimum Gasteiger partial charge on any atom is -0.382 e. The topological polar surface area (TPSA) is 133 Å². The molecule has 5 N–H and O–H groups in total. The summed E-state index contributed by atoms with van der Waals surface area (Å²) in [6, 6.07) is 17.1. The molecule has 0 aliphatic heterocycles. The van der Waals surface area contributed by atoms with E-state index >= 15 is 0 Å². The summed E-state index contributed by atoms with van der Waals surface area (Å²) in [6.45, 7) is 2.05. The Morgan fingerprint density at radius 2 is 1.89 bits per heavy atom. The van der Waals surface area contributed by atoms with Crippen LogP contribution in [-0.4, -0.2) is 38.8 Å². The molecule has 2 aromatic carbocycles. The molecule has 0 amide bonds. The Morgan fingerprint density at radius 3 is 2.59 bits per heavy atom. The Hall–Kier alpha value is -3.86. The van der Waals surface area contributed by atoms with Crippen molar-refractivity contribution in [1.29, 1.82) is 0 Å². The van der Waals surface area contributed by atoms with E-state index in [4.69, 9.17) is 17.3 Å². The zero-order valence-corrected chi connectivity index (χ0v) is 22.3. The van der Waals surface area contributed by atoms with Crippen molar-refractivity contribution in [3.8, 4) is 5.69 Å². The van der Waals surface area contributed by atoms with Gasteiger partial charge < -0.3 is 16.2 Å². The Bertz CT molecular complexity index is 1580. The highest BCUT2D eigenvalue weighted by atomic mass is 35.5. The number of nitrogen functional groups attached to an aromatic ring is 1. The van der Waals surface area contributed by atoms with Crippen LogP contribution in [0.25, 0.3) is 22.1 Å². The van der Waals surface area contributed by atoms with E-state index in [1.165, 1.54) is 23.5 Å². The van der Waals surface area contributed by atoms with Crippen LogP contribution in [0.4, 0.5) is 11.5 Å². The molecule has 0 saturated heterocycles. The number of carbonyl (C=O) groups excluding carboxylic acids is 1. The number of rotatable bonds is 5. The van der Waals surface area contributed by atoms with Crippen molar-refractivity contribution in [2.24, 2.45) is 5.73 Å². The predicted octanol–water partition coefficient (Wildman–Crippen LogP) is 4.60. The summed E-state index contributed by atoms with van der Waals surface area (Å²) in [4.78, 5) is 27.5. The molecule has 0 unspecified atom stereocenters. The predicted molar refractivity (Wildman–Crippen MR) is 154 cm³/mol. The second-order valence-corrected chi connectivity index (χ2v) is 8.51. The minimum atomic E-state index is -0.0775. The van der Waals surface area contributed by atoms with Gasteiger partial charge in [0.2, 0.25) is 0 Å². The van der Waals surface area contributed by atoms with Crippen molar-refractivity contribution >= 4 is 57.8 Å². The number of anilines is 2. The number of fused-ring (bicyclic) bond motifs is 2. The van der Waals surface area contributed by atoms with E-state index in [1.54, 1.807) is 29.1 Å². The monoisotopic (exact) mass is 537 g/mol. The van der Waals surface area contributed by atoms with Gasteiger partial charge in [-0.2, -0.15) is 0 Å². The fourth-order valence-electron chi connectivity index (χ4n) is 3.78. The van der Waals surface area contributed by atoms with E-state index in [0.29, 0.717) is 27.9 Å². The highest BCUT2D eigenvalue weighted by Crippen LogP contribution is 2.24. The molecule has 192 valence electrons. The molecule has 0 aliphatic rings. The standard InChI is InChI=1S/C18H17ClN2OS.C7H6N4O.CH5N/c1-3-14-10-12-6-4-9-16(19)17(12)18(22)21(14)15-8-5-7-13(11-15)20-23-2;8-6-5(4-12)7-9-2-1-3-11(7)10-6;1-2/h4-11,20H,3H2,1-2H3;1-4H,(H2,8,10);2H2,1H3. The third-order valence-electron chi connectivity index (χ3n) is 5.34. The molecule has 0 aliphatic carbocycles. The number of benzene rings is 2. The molecule has 3 aromatic heterocycles. The molecule has 0 spiro atoms. The quantitative estimate of drug-likeness (QED) is 0.219. The number of carbonyl (C=O) groups is 1. The first kappa shape index (κ1) is 27.7. The van der Waals surface area contributed by atoms with Crippen molar-refractivity contribution in [1.82, 2.24) is 19.2 Å². The van der Waals surface area contributed by atoms with E-state index in [-0.39, 0.29) is 11.4 Å². The summed E-state index contributed by atoms with van der Waals surface area (Å²) < 4.78 is 6.42. The Kier molecular flexibility index (Phi) is 9.67. The number of halogens is 1. The van der Waals surface area contributed by atoms with Crippen molar-refractivity contribution in [2.75, 3.05) is 23.8 Å². The molecule has 9 nitrogen and oxygen atoms in total. The number of nitrogens with two attached hydrogens (primary N) is 2. The summed E-state index contributed by atoms with van der Waals surface area (Å²) in [7, 11) is 1.50. The van der Waals surface area contributed by atoms with Crippen LogP contribution >= 0.6 is 23.5 Å². The largest absolute Gasteiger partial charge is 0.382 e. The number of aryl methyl sites for hydroxylation is 1. The fraction of sp³-hybridized carbons (Fsp3) is 0.154. The molecule has 0 bridgehead atoms. The van der Waals surface area contributed by atoms with Gasteiger partial charge in [0.05, 0.1) is 16.1 Å². The average molecular weight is 538 g/mol. The van der Waals surface area contributed by atoms with Crippen molar-refractivity contribution in [3.63, 3.8) is 0 Å². The molecular weight excluding hydrogens is 510 g/mol. The van der Waals surface area contributed by atoms with Crippen LogP contribution in [0.1, 0.15) is 23.0 Å². The van der Waals surface area contributed by atoms with Crippen LogP contribution < -0.4 is 21.7 Å². The van der Waals surface area contributed by atoms with Crippen molar-refractivity contribution < 1.29 is 4.79 Å². The first-order valence-corrected chi connectivity index (χ1v) is 12.9. The summed E-state index contributed by atoms with van der Waals surface area (Å²) >= 11 is 7.79. The van der Waals surface area contributed by atoms with Gasteiger partial charge in [0.25, 0.3) is 5.56 Å². The maximum absolute atomic E-state index is 13.1. The number of nitrogens with one attached hydrogen (secondary N) is 1. The van der Waals surface area contributed by atoms with Gasteiger partial charge in [0.1, 0.15) is 5.56 Å². The lowest BCUT2D eigenvalue weighted by molar-refractivity contribution is 0.112. The lowest BCUT2D eigenvalue weighted by Crippen LogP contribution is -2.22. The lowest BCUT2D eigenvalue weighted by atomic mass is 10.1. The summed E-state index contributed by atoms with van der Waals surface area (Å²) in [6.07, 6.45) is 6.66. The van der Waals surface area contributed by atoms with Gasteiger partial charge in [-0.3, -0.25) is 14.2 Å². The number of pyridine rings is 1. The van der Waals surface area contributed by atoms with Crippen LogP contribution in [0.5, 0.6) is 0 Å². The van der Waals surface area contributed by atoms with Crippen LogP contribution in [0.2, 0.25) is 5.02 Å². The van der Waals surface area contributed by atoms with Crippen molar-refractivity contribution in [2.45, 2.75) is 13.3 Å². The lowest BCUT2D eigenvalue weighted by Gasteiger charge is -2.15. The number of hydrogen-bond acceptors (Lipinski definition) is 8. The third-order valence-corrected chi connectivity index (χ3v) is 6.09. The maximum atomic E-state index is 13.1. The average Bonchev–Trinajstić information content (AvgIpc) is 3.25. The van der Waals surface area contributed by atoms with Crippen molar-refractivity contribution in [3.05, 3.63) is 93.6 Å². The van der Waals surface area contributed by atoms with Gasteiger partial charge in [0, 0.05) is 30.0 Å². The SMILES string of the molecule is CCc1cc2cccc(Cl)c2c(=O)n1-c1cccc(NSC)c1.CN.Nc1nn2cccnc2c1C=O. The zero-order valence-electron chi connectivity index (χ0n) is 20.7. The first-order chi connectivity index (χ1) is 18.0. The van der Waals surface area contributed by atoms with Gasteiger partial charge in [0.15, 0.2) is 17.8 Å². The van der Waals surface area contributed by atoms with E-state index in [2.05, 4.69) is 20.5 Å². The van der Waals surface area contributed by atoms with E-state index in [0.717, 1.165) is 28.9 Å². The number of hydrogen-bond donors (Lipinski definition) is 3. The van der Waals surface area contributed by atoms with E-state index < -0.39 is 0 Å². The molecule has 37 heavy (non-hydrogen) atoms. The van der Waals surface area contributed by atoms with Gasteiger partial charge in [-0.15, -0.1) is 5.10 Å². The van der Waals surface area contributed by atoms with E-state index in [9.17, 15) is 9.59 Å². The molecule has 0 radical (unpaired) electrons. The molecule has 0 atom stereocenters.